The first-order chi connectivity index (χ1) is 15.1. The molecule has 0 aromatic heterocycles. The van der Waals surface area contributed by atoms with E-state index < -0.39 is 58.3 Å². The predicted octanol–water partition coefficient (Wildman–Crippen LogP) is 2.06. The van der Waals surface area contributed by atoms with Crippen LogP contribution in [0.2, 0.25) is 0 Å². The highest BCUT2D eigenvalue weighted by molar-refractivity contribution is 5.74. The van der Waals surface area contributed by atoms with E-state index >= 15 is 0 Å². The number of esters is 2. The lowest BCUT2D eigenvalue weighted by Crippen LogP contribution is -2.29. The van der Waals surface area contributed by atoms with Crippen LogP contribution in [-0.4, -0.2) is 56.8 Å². The summed E-state index contributed by atoms with van der Waals surface area (Å²) in [5.74, 6) is -6.17. The van der Waals surface area contributed by atoms with E-state index in [0.29, 0.717) is 11.1 Å². The van der Waals surface area contributed by atoms with Crippen molar-refractivity contribution < 1.29 is 49.7 Å². The fraction of sp³-hybridized carbons (Fsp3) is 0.364. The number of carbonyl (C=O) groups is 2. The van der Waals surface area contributed by atoms with Gasteiger partial charge in [0.15, 0.2) is 34.5 Å². The molecule has 6 N–H and O–H groups in total. The fourth-order valence-corrected chi connectivity index (χ4v) is 3.56. The van der Waals surface area contributed by atoms with Crippen LogP contribution in [0, 0.1) is 11.8 Å². The number of ether oxygens (including phenoxy) is 2. The van der Waals surface area contributed by atoms with Gasteiger partial charge in [-0.05, 0) is 60.6 Å². The number of methoxy groups -OCH3 is 2. The summed E-state index contributed by atoms with van der Waals surface area (Å²) in [5.41, 5.74) is 0.714. The van der Waals surface area contributed by atoms with Crippen molar-refractivity contribution >= 4 is 11.9 Å². The SMILES string of the molecule is COC(=O)CC[C@H](Cc1cc(O)c(O)c(O)c1)[C@@H](Cc1cc(O)c(O)c(O)c1)C(=O)OC. The molecule has 174 valence electrons. The van der Waals surface area contributed by atoms with E-state index in [0.717, 1.165) is 0 Å². The van der Waals surface area contributed by atoms with Gasteiger partial charge in [0.05, 0.1) is 20.1 Å². The van der Waals surface area contributed by atoms with Crippen LogP contribution >= 0.6 is 0 Å². The Bertz CT molecular complexity index is 939. The highest BCUT2D eigenvalue weighted by Gasteiger charge is 2.31. The van der Waals surface area contributed by atoms with E-state index in [1.165, 1.54) is 38.5 Å². The molecule has 0 saturated heterocycles. The molecule has 0 fully saturated rings. The fourth-order valence-electron chi connectivity index (χ4n) is 3.56. The van der Waals surface area contributed by atoms with Crippen LogP contribution < -0.4 is 0 Å². The molecule has 0 bridgehead atoms. The standard InChI is InChI=1S/C22H26O10/c1-31-19(27)4-3-13(5-11-7-15(23)20(28)16(24)8-11)14(22(30)32-2)6-12-9-17(25)21(29)18(26)10-12/h7-10,13-14,23-26,28-29H,3-6H2,1-2H3/t13-,14-/m1/s1. The van der Waals surface area contributed by atoms with Crippen LogP contribution in [0.1, 0.15) is 24.0 Å². The van der Waals surface area contributed by atoms with E-state index in [2.05, 4.69) is 4.74 Å². The second-order valence-electron chi connectivity index (χ2n) is 7.38. The third-order valence-electron chi connectivity index (χ3n) is 5.23. The maximum atomic E-state index is 12.6. The van der Waals surface area contributed by atoms with Gasteiger partial charge in [0.1, 0.15) is 0 Å². The molecule has 0 radical (unpaired) electrons. The smallest absolute Gasteiger partial charge is 0.309 e. The normalized spacial score (nSPS) is 12.7. The summed E-state index contributed by atoms with van der Waals surface area (Å²) >= 11 is 0. The van der Waals surface area contributed by atoms with Crippen molar-refractivity contribution in [1.82, 2.24) is 0 Å². The topological polar surface area (TPSA) is 174 Å². The summed E-state index contributed by atoms with van der Waals surface area (Å²) in [5, 5.41) is 58.3. The second-order valence-corrected chi connectivity index (χ2v) is 7.38. The van der Waals surface area contributed by atoms with Gasteiger partial charge in [-0.1, -0.05) is 0 Å². The highest BCUT2D eigenvalue weighted by Crippen LogP contribution is 2.39. The Hall–Kier alpha value is -3.82. The molecule has 0 aliphatic carbocycles. The zero-order valence-electron chi connectivity index (χ0n) is 17.6. The van der Waals surface area contributed by atoms with Crippen LogP contribution in [0.4, 0.5) is 0 Å². The molecule has 0 spiro atoms. The summed E-state index contributed by atoms with van der Waals surface area (Å²) in [7, 11) is 2.42. The molecule has 0 amide bonds. The number of phenolic OH excluding ortho intramolecular Hbond substituents is 6. The van der Waals surface area contributed by atoms with Gasteiger partial charge < -0.3 is 40.1 Å². The lowest BCUT2D eigenvalue weighted by Gasteiger charge is -2.26. The van der Waals surface area contributed by atoms with E-state index in [1.54, 1.807) is 0 Å². The van der Waals surface area contributed by atoms with Gasteiger partial charge in [-0.2, -0.15) is 0 Å². The molecule has 10 heteroatoms. The van der Waals surface area contributed by atoms with E-state index in [-0.39, 0.29) is 25.7 Å². The highest BCUT2D eigenvalue weighted by atomic mass is 16.5. The number of benzene rings is 2. The van der Waals surface area contributed by atoms with Gasteiger partial charge in [0.25, 0.3) is 0 Å². The molecule has 2 atom stereocenters. The Kier molecular flexibility index (Phi) is 8.00. The largest absolute Gasteiger partial charge is 0.504 e. The van der Waals surface area contributed by atoms with Crippen LogP contribution in [0.15, 0.2) is 24.3 Å². The number of rotatable bonds is 9. The minimum Gasteiger partial charge on any atom is -0.504 e. The lowest BCUT2D eigenvalue weighted by atomic mass is 9.80. The number of hydrogen-bond acceptors (Lipinski definition) is 10. The minimum absolute atomic E-state index is 0.0179. The second kappa shape index (κ2) is 10.5. The molecule has 0 saturated carbocycles. The van der Waals surface area contributed by atoms with Crippen molar-refractivity contribution in [2.45, 2.75) is 25.7 Å². The quantitative estimate of drug-likeness (QED) is 0.245. The monoisotopic (exact) mass is 450 g/mol. The summed E-state index contributed by atoms with van der Waals surface area (Å²) in [6.45, 7) is 0. The van der Waals surface area contributed by atoms with Gasteiger partial charge in [-0.15, -0.1) is 0 Å². The van der Waals surface area contributed by atoms with Crippen LogP contribution in [0.3, 0.4) is 0 Å². The maximum Gasteiger partial charge on any atom is 0.309 e. The van der Waals surface area contributed by atoms with Crippen molar-refractivity contribution in [3.05, 3.63) is 35.4 Å². The number of phenols is 6. The van der Waals surface area contributed by atoms with E-state index in [9.17, 15) is 40.2 Å². The molecule has 32 heavy (non-hydrogen) atoms. The summed E-state index contributed by atoms with van der Waals surface area (Å²) in [4.78, 5) is 24.4. The van der Waals surface area contributed by atoms with Crippen molar-refractivity contribution in [2.24, 2.45) is 11.8 Å². The molecular formula is C22H26O10. The Morgan fingerprint density at radius 2 is 1.19 bits per heavy atom. The summed E-state index contributed by atoms with van der Waals surface area (Å²) < 4.78 is 9.59. The van der Waals surface area contributed by atoms with Gasteiger partial charge >= 0.3 is 11.9 Å². The van der Waals surface area contributed by atoms with Gasteiger partial charge in [-0.3, -0.25) is 9.59 Å². The first-order valence-electron chi connectivity index (χ1n) is 9.69. The predicted molar refractivity (Wildman–Crippen MR) is 111 cm³/mol. The zero-order chi connectivity index (χ0) is 24.0. The molecule has 0 unspecified atom stereocenters. The van der Waals surface area contributed by atoms with Crippen LogP contribution in [-0.2, 0) is 31.9 Å². The van der Waals surface area contributed by atoms with Crippen molar-refractivity contribution in [1.29, 1.82) is 0 Å². The summed E-state index contributed by atoms with van der Waals surface area (Å²) in [6.07, 6.45) is 0.228. The molecule has 0 heterocycles. The van der Waals surface area contributed by atoms with Crippen molar-refractivity contribution in [3.63, 3.8) is 0 Å². The van der Waals surface area contributed by atoms with E-state index in [4.69, 9.17) is 4.74 Å². The average molecular weight is 450 g/mol. The van der Waals surface area contributed by atoms with Crippen LogP contribution in [0.5, 0.6) is 34.5 Å². The zero-order valence-corrected chi connectivity index (χ0v) is 17.6. The average Bonchev–Trinajstić information content (AvgIpc) is 2.76. The van der Waals surface area contributed by atoms with Crippen molar-refractivity contribution in [2.75, 3.05) is 14.2 Å². The summed E-state index contributed by atoms with van der Waals surface area (Å²) in [6, 6.07) is 4.85. The Morgan fingerprint density at radius 3 is 1.59 bits per heavy atom. The molecular weight excluding hydrogens is 424 g/mol. The van der Waals surface area contributed by atoms with Gasteiger partial charge in [0, 0.05) is 6.42 Å². The first kappa shape index (κ1) is 24.4. The third kappa shape index (κ3) is 5.87. The molecule has 0 aliphatic rings. The number of carbonyl (C=O) groups excluding carboxylic acids is 2. The van der Waals surface area contributed by atoms with Crippen molar-refractivity contribution in [3.8, 4) is 34.5 Å². The Morgan fingerprint density at radius 1 is 0.750 bits per heavy atom. The molecule has 0 aliphatic heterocycles. The molecule has 10 nitrogen and oxygen atoms in total. The van der Waals surface area contributed by atoms with E-state index in [1.807, 2.05) is 0 Å². The Labute approximate surface area is 183 Å². The molecule has 2 aromatic carbocycles. The maximum absolute atomic E-state index is 12.6. The Balaban J connectivity index is 2.42. The molecule has 2 rings (SSSR count). The number of hydrogen-bond donors (Lipinski definition) is 6. The first-order valence-corrected chi connectivity index (χ1v) is 9.69. The molecule has 2 aromatic rings. The lowest BCUT2D eigenvalue weighted by molar-refractivity contribution is -0.148. The van der Waals surface area contributed by atoms with Gasteiger partial charge in [0.2, 0.25) is 0 Å². The minimum atomic E-state index is -0.869. The van der Waals surface area contributed by atoms with Crippen LogP contribution in [0.25, 0.3) is 0 Å². The number of aromatic hydroxyl groups is 6. The van der Waals surface area contributed by atoms with Gasteiger partial charge in [-0.25, -0.2) is 0 Å². The third-order valence-corrected chi connectivity index (χ3v) is 5.23.